The molecule has 0 atom stereocenters. The summed E-state index contributed by atoms with van der Waals surface area (Å²) >= 11 is 0. The fraction of sp³-hybridized carbons (Fsp3) is 0.200. The smallest absolute Gasteiger partial charge is 0.123 e. The molecule has 1 N–H and O–H groups in total. The molecule has 0 aliphatic rings. The maximum Gasteiger partial charge on any atom is 0.123 e. The van der Waals surface area contributed by atoms with Gasteiger partial charge in [-0.1, -0.05) is 164 Å². The van der Waals surface area contributed by atoms with E-state index in [-0.39, 0.29) is 0 Å². The Morgan fingerprint density at radius 2 is 0.683 bits per heavy atom. The average Bonchev–Trinajstić information content (AvgIpc) is 3.02. The first-order valence-electron chi connectivity index (χ1n) is 15.1. The van der Waals surface area contributed by atoms with Gasteiger partial charge in [0.15, 0.2) is 0 Å². The van der Waals surface area contributed by atoms with E-state index in [9.17, 15) is 5.11 Å². The normalized spacial score (nSPS) is 10.5. The van der Waals surface area contributed by atoms with Crippen LogP contribution in [0.25, 0.3) is 64.6 Å². The lowest BCUT2D eigenvalue weighted by molar-refractivity contribution is 0.481. The SMILES string of the molecule is CC.CCC.CCC.Oc1cccc2ccccc12.c1cc2ccc3ccc4ccc5cccc6c(c1)c2c3c4c56. The third-order valence-electron chi connectivity index (χ3n) is 6.90. The highest BCUT2D eigenvalue weighted by molar-refractivity contribution is 6.39. The van der Waals surface area contributed by atoms with Gasteiger partial charge < -0.3 is 5.11 Å². The van der Waals surface area contributed by atoms with Crippen molar-refractivity contribution in [2.45, 2.75) is 54.4 Å². The van der Waals surface area contributed by atoms with Crippen LogP contribution in [0.5, 0.6) is 5.75 Å². The van der Waals surface area contributed by atoms with Gasteiger partial charge in [-0.2, -0.15) is 0 Å². The molecule has 1 nitrogen and oxygen atoms in total. The lowest BCUT2D eigenvalue weighted by Crippen LogP contribution is -1.89. The Bertz CT molecular complexity index is 1840. The predicted octanol–water partition coefficient (Wildman–Crippen LogP) is 12.7. The third-order valence-corrected chi connectivity index (χ3v) is 6.90. The van der Waals surface area contributed by atoms with Gasteiger partial charge in [-0.05, 0) is 65.3 Å². The summed E-state index contributed by atoms with van der Waals surface area (Å²) in [5, 5.41) is 25.1. The molecule has 8 aromatic carbocycles. The fourth-order valence-electron chi connectivity index (χ4n) is 5.44. The Hall–Kier alpha value is -4.36. The van der Waals surface area contributed by atoms with E-state index in [1.54, 1.807) is 6.07 Å². The number of hydrogen-bond donors (Lipinski definition) is 1. The first-order valence-corrected chi connectivity index (χ1v) is 15.1. The number of fused-ring (bicyclic) bond motifs is 2. The highest BCUT2D eigenvalue weighted by atomic mass is 16.3. The second-order valence-corrected chi connectivity index (χ2v) is 10.1. The minimum absolute atomic E-state index is 0.350. The summed E-state index contributed by atoms with van der Waals surface area (Å²) in [5.41, 5.74) is 0. The second kappa shape index (κ2) is 13.8. The highest BCUT2D eigenvalue weighted by Crippen LogP contribution is 2.44. The molecule has 208 valence electrons. The summed E-state index contributed by atoms with van der Waals surface area (Å²) in [4.78, 5) is 0. The predicted molar refractivity (Wildman–Crippen MR) is 185 cm³/mol. The third kappa shape index (κ3) is 5.77. The van der Waals surface area contributed by atoms with Gasteiger partial charge >= 0.3 is 0 Å². The van der Waals surface area contributed by atoms with Crippen LogP contribution < -0.4 is 0 Å². The van der Waals surface area contributed by atoms with Gasteiger partial charge in [0, 0.05) is 5.39 Å². The molecule has 0 saturated carbocycles. The van der Waals surface area contributed by atoms with Crippen LogP contribution in [0.1, 0.15) is 54.4 Å². The molecule has 41 heavy (non-hydrogen) atoms. The Balaban J connectivity index is 0.000000172. The van der Waals surface area contributed by atoms with E-state index < -0.39 is 0 Å². The maximum atomic E-state index is 9.37. The second-order valence-electron chi connectivity index (χ2n) is 10.1. The first-order chi connectivity index (χ1) is 20.1. The van der Waals surface area contributed by atoms with Crippen LogP contribution in [-0.2, 0) is 0 Å². The van der Waals surface area contributed by atoms with Crippen LogP contribution in [0.3, 0.4) is 0 Å². The molecule has 0 bridgehead atoms. The van der Waals surface area contributed by atoms with E-state index >= 15 is 0 Å². The summed E-state index contributed by atoms with van der Waals surface area (Å²) in [6, 6.07) is 40.2. The Kier molecular flexibility index (Phi) is 9.98. The summed E-state index contributed by atoms with van der Waals surface area (Å²) in [6.45, 7) is 12.5. The van der Waals surface area contributed by atoms with Crippen LogP contribution in [0.15, 0.2) is 115 Å². The molecule has 8 rings (SSSR count). The molecule has 0 aromatic heterocycles. The molecule has 0 spiro atoms. The molecule has 0 fully saturated rings. The quantitative estimate of drug-likeness (QED) is 0.150. The number of aromatic hydroxyl groups is 1. The van der Waals surface area contributed by atoms with Gasteiger partial charge in [-0.25, -0.2) is 0 Å². The van der Waals surface area contributed by atoms with E-state index in [0.717, 1.165) is 10.8 Å². The van der Waals surface area contributed by atoms with Crippen molar-refractivity contribution < 1.29 is 5.11 Å². The van der Waals surface area contributed by atoms with Crippen molar-refractivity contribution in [1.82, 2.24) is 0 Å². The van der Waals surface area contributed by atoms with Crippen LogP contribution >= 0.6 is 0 Å². The van der Waals surface area contributed by atoms with E-state index in [4.69, 9.17) is 0 Å². The van der Waals surface area contributed by atoms with Crippen molar-refractivity contribution in [3.8, 4) is 5.75 Å². The maximum absolute atomic E-state index is 9.37. The molecule has 0 radical (unpaired) electrons. The molecular weight excluding hydrogens is 496 g/mol. The summed E-state index contributed by atoms with van der Waals surface area (Å²) in [6.07, 6.45) is 2.50. The first kappa shape index (κ1) is 29.6. The monoisotopic (exact) mass is 538 g/mol. The van der Waals surface area contributed by atoms with Crippen LogP contribution in [0.2, 0.25) is 0 Å². The molecule has 0 amide bonds. The summed E-state index contributed by atoms with van der Waals surface area (Å²) in [5.74, 6) is 0.350. The van der Waals surface area contributed by atoms with Crippen molar-refractivity contribution in [3.05, 3.63) is 115 Å². The largest absolute Gasteiger partial charge is 0.507 e. The molecule has 0 aliphatic heterocycles. The van der Waals surface area contributed by atoms with E-state index in [1.165, 1.54) is 66.7 Å². The summed E-state index contributed by atoms with van der Waals surface area (Å²) < 4.78 is 0. The fourth-order valence-corrected chi connectivity index (χ4v) is 5.44. The van der Waals surface area contributed by atoms with Crippen molar-refractivity contribution in [1.29, 1.82) is 0 Å². The zero-order valence-electron chi connectivity index (χ0n) is 25.3. The van der Waals surface area contributed by atoms with E-state index in [0.29, 0.717) is 5.75 Å². The topological polar surface area (TPSA) is 20.2 Å². The number of phenolic OH excluding ortho intramolecular Hbond substituents is 1. The highest BCUT2D eigenvalue weighted by Gasteiger charge is 2.15. The Morgan fingerprint density at radius 3 is 1.12 bits per heavy atom. The number of rotatable bonds is 0. The van der Waals surface area contributed by atoms with Gasteiger partial charge in [0.1, 0.15) is 5.75 Å². The zero-order chi connectivity index (χ0) is 29.4. The van der Waals surface area contributed by atoms with Crippen LogP contribution in [-0.4, -0.2) is 5.11 Å². The molecule has 0 saturated heterocycles. The van der Waals surface area contributed by atoms with Crippen molar-refractivity contribution in [2.75, 3.05) is 0 Å². The van der Waals surface area contributed by atoms with Gasteiger partial charge in [0.05, 0.1) is 0 Å². The average molecular weight is 539 g/mol. The lowest BCUT2D eigenvalue weighted by Gasteiger charge is -2.17. The lowest BCUT2D eigenvalue weighted by atomic mass is 9.86. The van der Waals surface area contributed by atoms with Crippen molar-refractivity contribution in [3.63, 3.8) is 0 Å². The standard InChI is InChI=1S/C22H12.C10H8O.2C3H8.C2H6/c1-3-13-7-9-15-11-12-16-10-8-14-4-2-6-18-17(5-1)19(13)21(15)22(16)20(14)18;11-10-7-3-5-8-4-1-2-6-9(8)10;2*1-3-2;1-2/h1-12H;1-7,11H;2*3H2,1-2H3;1-2H3. The Morgan fingerprint density at radius 1 is 0.366 bits per heavy atom. The minimum Gasteiger partial charge on any atom is -0.507 e. The van der Waals surface area contributed by atoms with Crippen LogP contribution in [0, 0.1) is 0 Å². The van der Waals surface area contributed by atoms with Gasteiger partial charge in [-0.15, -0.1) is 0 Å². The molecule has 0 heterocycles. The van der Waals surface area contributed by atoms with Gasteiger partial charge in [-0.3, -0.25) is 0 Å². The molecular formula is C40H42O. The van der Waals surface area contributed by atoms with Crippen molar-refractivity contribution in [2.24, 2.45) is 0 Å². The molecule has 0 unspecified atom stereocenters. The van der Waals surface area contributed by atoms with Crippen molar-refractivity contribution >= 4 is 64.6 Å². The van der Waals surface area contributed by atoms with E-state index in [1.807, 2.05) is 50.2 Å². The van der Waals surface area contributed by atoms with Gasteiger partial charge in [0.25, 0.3) is 0 Å². The Labute approximate surface area is 244 Å². The number of benzene rings is 8. The minimum atomic E-state index is 0.350. The molecule has 8 aromatic rings. The van der Waals surface area contributed by atoms with Gasteiger partial charge in [0.2, 0.25) is 0 Å². The van der Waals surface area contributed by atoms with E-state index in [2.05, 4.69) is 100 Å². The van der Waals surface area contributed by atoms with Crippen LogP contribution in [0.4, 0.5) is 0 Å². The summed E-state index contributed by atoms with van der Waals surface area (Å²) in [7, 11) is 0. The molecule has 1 heteroatoms. The molecule has 0 aliphatic carbocycles. The number of phenols is 1. The number of hydrogen-bond acceptors (Lipinski definition) is 1. The zero-order valence-corrected chi connectivity index (χ0v) is 25.3.